The van der Waals surface area contributed by atoms with E-state index in [4.69, 9.17) is 16.7 Å². The second-order valence-corrected chi connectivity index (χ2v) is 3.07. The first-order valence-electron chi connectivity index (χ1n) is 4.20. The molecule has 1 atom stereocenters. The van der Waals surface area contributed by atoms with Crippen LogP contribution in [0.2, 0.25) is 0 Å². The summed E-state index contributed by atoms with van der Waals surface area (Å²) in [6.07, 6.45) is 2.58. The van der Waals surface area contributed by atoms with Gasteiger partial charge in [-0.1, -0.05) is 5.16 Å². The zero-order chi connectivity index (χ0) is 9.84. The standard InChI is InChI=1S/C7H14N4O2/c8-6(10-13)5-3-1-2-4-11(5)7(9)12/h5,13H,1-4H2,(H2,8,10)(H2,9,12). The second-order valence-electron chi connectivity index (χ2n) is 3.07. The van der Waals surface area contributed by atoms with Crippen LogP contribution in [0.15, 0.2) is 5.16 Å². The Balaban J connectivity index is 2.73. The maximum Gasteiger partial charge on any atom is 0.315 e. The molecule has 1 rings (SSSR count). The number of primary amides is 1. The van der Waals surface area contributed by atoms with Crippen LogP contribution >= 0.6 is 0 Å². The first-order chi connectivity index (χ1) is 6.16. The van der Waals surface area contributed by atoms with Gasteiger partial charge in [0.15, 0.2) is 5.84 Å². The summed E-state index contributed by atoms with van der Waals surface area (Å²) in [5.74, 6) is 0.0542. The number of piperidine rings is 1. The number of oxime groups is 1. The second kappa shape index (κ2) is 3.97. The molecule has 1 saturated heterocycles. The summed E-state index contributed by atoms with van der Waals surface area (Å²) in [4.78, 5) is 12.4. The SMILES string of the molecule is NC(=O)N1CCCCC1C(N)=NO. The Kier molecular flexibility index (Phi) is 2.94. The molecular weight excluding hydrogens is 172 g/mol. The van der Waals surface area contributed by atoms with Gasteiger partial charge in [-0.15, -0.1) is 0 Å². The summed E-state index contributed by atoms with van der Waals surface area (Å²) in [6, 6.07) is -0.854. The smallest absolute Gasteiger partial charge is 0.315 e. The van der Waals surface area contributed by atoms with Crippen LogP contribution < -0.4 is 11.5 Å². The molecule has 13 heavy (non-hydrogen) atoms. The fraction of sp³-hybridized carbons (Fsp3) is 0.714. The van der Waals surface area contributed by atoms with Crippen LogP contribution in [-0.2, 0) is 0 Å². The van der Waals surface area contributed by atoms with Crippen molar-refractivity contribution in [1.29, 1.82) is 0 Å². The summed E-state index contributed by atoms with van der Waals surface area (Å²) in [5, 5.41) is 11.4. The average Bonchev–Trinajstić information content (AvgIpc) is 2.16. The van der Waals surface area contributed by atoms with Crippen LogP contribution in [0.1, 0.15) is 19.3 Å². The third kappa shape index (κ3) is 2.01. The minimum Gasteiger partial charge on any atom is -0.409 e. The summed E-state index contributed by atoms with van der Waals surface area (Å²) in [7, 11) is 0. The number of amidine groups is 1. The molecular formula is C7H14N4O2. The molecule has 0 bridgehead atoms. The molecule has 6 nitrogen and oxygen atoms in total. The van der Waals surface area contributed by atoms with Gasteiger partial charge in [0.2, 0.25) is 0 Å². The van der Waals surface area contributed by atoms with E-state index in [1.807, 2.05) is 0 Å². The minimum absolute atomic E-state index is 0.0542. The number of likely N-dealkylation sites (tertiary alicyclic amines) is 1. The first kappa shape index (κ1) is 9.63. The molecule has 1 aliphatic heterocycles. The van der Waals surface area contributed by atoms with Gasteiger partial charge in [0, 0.05) is 6.54 Å². The fourth-order valence-electron chi connectivity index (χ4n) is 1.57. The van der Waals surface area contributed by atoms with E-state index in [0.717, 1.165) is 12.8 Å². The Morgan fingerprint density at radius 2 is 2.15 bits per heavy atom. The molecule has 0 spiro atoms. The van der Waals surface area contributed by atoms with Crippen molar-refractivity contribution in [3.63, 3.8) is 0 Å². The van der Waals surface area contributed by atoms with E-state index in [1.54, 1.807) is 0 Å². The Morgan fingerprint density at radius 3 is 2.69 bits per heavy atom. The third-order valence-corrected chi connectivity index (χ3v) is 2.24. The predicted molar refractivity (Wildman–Crippen MR) is 47.3 cm³/mol. The van der Waals surface area contributed by atoms with E-state index >= 15 is 0 Å². The van der Waals surface area contributed by atoms with Gasteiger partial charge < -0.3 is 21.6 Å². The number of hydrogen-bond acceptors (Lipinski definition) is 3. The summed E-state index contributed by atoms with van der Waals surface area (Å²) >= 11 is 0. The van der Waals surface area contributed by atoms with E-state index < -0.39 is 6.03 Å². The van der Waals surface area contributed by atoms with Crippen molar-refractivity contribution in [2.45, 2.75) is 25.3 Å². The molecule has 0 aliphatic carbocycles. The average molecular weight is 186 g/mol. The van der Waals surface area contributed by atoms with Crippen LogP contribution in [0.3, 0.4) is 0 Å². The summed E-state index contributed by atoms with van der Waals surface area (Å²) in [6.45, 7) is 0.580. The number of hydrogen-bond donors (Lipinski definition) is 3. The Labute approximate surface area is 76.2 Å². The van der Waals surface area contributed by atoms with Gasteiger partial charge in [-0.2, -0.15) is 0 Å². The molecule has 6 heteroatoms. The van der Waals surface area contributed by atoms with E-state index in [9.17, 15) is 4.79 Å². The highest BCUT2D eigenvalue weighted by Gasteiger charge is 2.28. The molecule has 1 fully saturated rings. The highest BCUT2D eigenvalue weighted by Crippen LogP contribution is 2.16. The Hall–Kier alpha value is -1.46. The van der Waals surface area contributed by atoms with Crippen molar-refractivity contribution >= 4 is 11.9 Å². The lowest BCUT2D eigenvalue weighted by molar-refractivity contribution is 0.179. The molecule has 1 unspecified atom stereocenters. The predicted octanol–water partition coefficient (Wildman–Crippen LogP) is -0.334. The van der Waals surface area contributed by atoms with Gasteiger partial charge >= 0.3 is 6.03 Å². The van der Waals surface area contributed by atoms with Gasteiger partial charge in [0.1, 0.15) is 0 Å². The van der Waals surface area contributed by atoms with Crippen LogP contribution in [0.4, 0.5) is 4.79 Å². The number of rotatable bonds is 1. The van der Waals surface area contributed by atoms with Crippen molar-refractivity contribution in [3.8, 4) is 0 Å². The molecule has 74 valence electrons. The Bertz CT molecular complexity index is 229. The van der Waals surface area contributed by atoms with Crippen molar-refractivity contribution < 1.29 is 10.0 Å². The van der Waals surface area contributed by atoms with Crippen molar-refractivity contribution in [2.24, 2.45) is 16.6 Å². The van der Waals surface area contributed by atoms with Gasteiger partial charge in [-0.05, 0) is 19.3 Å². The van der Waals surface area contributed by atoms with Crippen LogP contribution in [0.5, 0.6) is 0 Å². The number of carbonyl (C=O) groups excluding carboxylic acids is 1. The van der Waals surface area contributed by atoms with Crippen LogP contribution in [-0.4, -0.2) is 34.6 Å². The van der Waals surface area contributed by atoms with Gasteiger partial charge in [-0.25, -0.2) is 4.79 Å². The summed E-state index contributed by atoms with van der Waals surface area (Å²) in [5.41, 5.74) is 10.6. The largest absolute Gasteiger partial charge is 0.409 e. The number of nitrogens with zero attached hydrogens (tertiary/aromatic N) is 2. The third-order valence-electron chi connectivity index (χ3n) is 2.24. The van der Waals surface area contributed by atoms with E-state index in [-0.39, 0.29) is 11.9 Å². The molecule has 2 amide bonds. The molecule has 0 aromatic rings. The van der Waals surface area contributed by atoms with Crippen molar-refractivity contribution in [1.82, 2.24) is 4.90 Å². The molecule has 0 aromatic carbocycles. The zero-order valence-corrected chi connectivity index (χ0v) is 7.31. The number of carbonyl (C=O) groups is 1. The molecule has 0 saturated carbocycles. The lowest BCUT2D eigenvalue weighted by Crippen LogP contribution is -2.52. The lowest BCUT2D eigenvalue weighted by atomic mass is 10.0. The van der Waals surface area contributed by atoms with Gasteiger partial charge in [0.25, 0.3) is 0 Å². The van der Waals surface area contributed by atoms with Gasteiger partial charge in [-0.3, -0.25) is 0 Å². The number of amides is 2. The molecule has 0 radical (unpaired) electrons. The maximum atomic E-state index is 10.9. The van der Waals surface area contributed by atoms with E-state index in [2.05, 4.69) is 5.16 Å². The number of nitrogens with two attached hydrogens (primary N) is 2. The monoisotopic (exact) mass is 186 g/mol. The maximum absolute atomic E-state index is 10.9. The molecule has 5 N–H and O–H groups in total. The highest BCUT2D eigenvalue weighted by atomic mass is 16.4. The van der Waals surface area contributed by atoms with E-state index in [0.29, 0.717) is 13.0 Å². The van der Waals surface area contributed by atoms with Crippen molar-refractivity contribution in [2.75, 3.05) is 6.54 Å². The quantitative estimate of drug-likeness (QED) is 0.226. The fourth-order valence-corrected chi connectivity index (χ4v) is 1.57. The normalized spacial score (nSPS) is 24.5. The lowest BCUT2D eigenvalue weighted by Gasteiger charge is -2.33. The first-order valence-corrected chi connectivity index (χ1v) is 4.20. The van der Waals surface area contributed by atoms with Crippen LogP contribution in [0.25, 0.3) is 0 Å². The molecule has 0 aromatic heterocycles. The highest BCUT2D eigenvalue weighted by molar-refractivity contribution is 5.89. The zero-order valence-electron chi connectivity index (χ0n) is 7.31. The topological polar surface area (TPSA) is 105 Å². The number of urea groups is 1. The van der Waals surface area contributed by atoms with Crippen LogP contribution in [0, 0.1) is 0 Å². The Morgan fingerprint density at radius 1 is 1.46 bits per heavy atom. The minimum atomic E-state index is -0.517. The van der Waals surface area contributed by atoms with Crippen molar-refractivity contribution in [3.05, 3.63) is 0 Å². The van der Waals surface area contributed by atoms with Gasteiger partial charge in [0.05, 0.1) is 6.04 Å². The van der Waals surface area contributed by atoms with E-state index in [1.165, 1.54) is 4.90 Å². The molecule has 1 heterocycles. The molecule has 1 aliphatic rings. The summed E-state index contributed by atoms with van der Waals surface area (Å²) < 4.78 is 0.